The number of nitrogens with one attached hydrogen (secondary N) is 1. The Bertz CT molecular complexity index is 384. The van der Waals surface area contributed by atoms with E-state index in [0.29, 0.717) is 6.42 Å². The molecule has 1 atom stereocenters. The molecule has 0 bridgehead atoms. The van der Waals surface area contributed by atoms with E-state index in [-0.39, 0.29) is 5.91 Å². The predicted molar refractivity (Wildman–Crippen MR) is 60.1 cm³/mol. The zero-order chi connectivity index (χ0) is 12.1. The summed E-state index contributed by atoms with van der Waals surface area (Å²) in [5.74, 6) is -1.35. The van der Waals surface area contributed by atoms with Crippen LogP contribution < -0.4 is 5.32 Å². The highest BCUT2D eigenvalue weighted by atomic mass is 16.4. The number of amides is 1. The number of carbonyl (C=O) groups is 2. The first-order valence-corrected chi connectivity index (χ1v) is 5.04. The Kier molecular flexibility index (Phi) is 4.05. The normalized spacial score (nSPS) is 11.9. The molecule has 0 spiro atoms. The minimum Gasteiger partial charge on any atom is -0.480 e. The maximum atomic E-state index is 10.9. The fourth-order valence-electron chi connectivity index (χ4n) is 1.41. The van der Waals surface area contributed by atoms with Crippen LogP contribution in [0.5, 0.6) is 0 Å². The highest BCUT2D eigenvalue weighted by Gasteiger charge is 2.18. The molecule has 1 rings (SSSR count). The molecule has 0 aliphatic rings. The first kappa shape index (κ1) is 12.2. The lowest BCUT2D eigenvalue weighted by Crippen LogP contribution is -2.41. The van der Waals surface area contributed by atoms with Crippen molar-refractivity contribution in [2.24, 2.45) is 0 Å². The van der Waals surface area contributed by atoms with Crippen LogP contribution in [0, 0.1) is 6.92 Å². The molecular weight excluding hydrogens is 206 g/mol. The monoisotopic (exact) mass is 221 g/mol. The van der Waals surface area contributed by atoms with E-state index in [1.54, 1.807) is 0 Å². The van der Waals surface area contributed by atoms with Crippen LogP contribution in [0.25, 0.3) is 0 Å². The van der Waals surface area contributed by atoms with E-state index in [9.17, 15) is 9.59 Å². The Morgan fingerprint density at radius 1 is 1.31 bits per heavy atom. The molecule has 1 aromatic carbocycles. The predicted octanol–water partition coefficient (Wildman–Crippen LogP) is 1.13. The van der Waals surface area contributed by atoms with E-state index in [2.05, 4.69) is 5.32 Å². The molecule has 0 heterocycles. The van der Waals surface area contributed by atoms with Crippen molar-refractivity contribution in [3.8, 4) is 0 Å². The fourth-order valence-corrected chi connectivity index (χ4v) is 1.41. The van der Waals surface area contributed by atoms with Crippen LogP contribution in [0.2, 0.25) is 0 Å². The summed E-state index contributed by atoms with van der Waals surface area (Å²) in [4.78, 5) is 21.7. The van der Waals surface area contributed by atoms with E-state index in [1.165, 1.54) is 6.92 Å². The van der Waals surface area contributed by atoms with Crippen LogP contribution in [0.15, 0.2) is 24.3 Å². The highest BCUT2D eigenvalue weighted by molar-refractivity contribution is 5.82. The van der Waals surface area contributed by atoms with Crippen molar-refractivity contribution in [1.29, 1.82) is 0 Å². The minimum atomic E-state index is -1.02. The van der Waals surface area contributed by atoms with Gasteiger partial charge in [-0.15, -0.1) is 0 Å². The van der Waals surface area contributed by atoms with Crippen LogP contribution in [-0.2, 0) is 16.0 Å². The second-order valence-electron chi connectivity index (χ2n) is 3.78. The molecule has 86 valence electrons. The summed E-state index contributed by atoms with van der Waals surface area (Å²) in [7, 11) is 0. The van der Waals surface area contributed by atoms with Crippen LogP contribution in [0.3, 0.4) is 0 Å². The Morgan fingerprint density at radius 3 is 2.31 bits per heavy atom. The summed E-state index contributed by atoms with van der Waals surface area (Å²) >= 11 is 0. The van der Waals surface area contributed by atoms with Crippen molar-refractivity contribution in [2.45, 2.75) is 26.3 Å². The molecular formula is C12H15NO3. The van der Waals surface area contributed by atoms with Gasteiger partial charge in [-0.3, -0.25) is 4.79 Å². The van der Waals surface area contributed by atoms with Crippen molar-refractivity contribution in [3.05, 3.63) is 35.4 Å². The first-order valence-electron chi connectivity index (χ1n) is 5.04. The summed E-state index contributed by atoms with van der Waals surface area (Å²) in [6.07, 6.45) is 0.301. The van der Waals surface area contributed by atoms with Gasteiger partial charge < -0.3 is 10.4 Å². The second kappa shape index (κ2) is 5.30. The van der Waals surface area contributed by atoms with Crippen LogP contribution in [-0.4, -0.2) is 23.0 Å². The van der Waals surface area contributed by atoms with Crippen LogP contribution in [0.1, 0.15) is 18.1 Å². The molecule has 4 heteroatoms. The number of aryl methyl sites for hydroxylation is 1. The molecule has 4 nitrogen and oxygen atoms in total. The molecule has 0 aliphatic carbocycles. The van der Waals surface area contributed by atoms with Gasteiger partial charge in [0.25, 0.3) is 0 Å². The second-order valence-corrected chi connectivity index (χ2v) is 3.78. The summed E-state index contributed by atoms with van der Waals surface area (Å²) in [6, 6.07) is 6.71. The van der Waals surface area contributed by atoms with Crippen molar-refractivity contribution < 1.29 is 14.7 Å². The van der Waals surface area contributed by atoms with Gasteiger partial charge in [-0.1, -0.05) is 29.8 Å². The molecule has 1 aromatic rings. The molecule has 0 unspecified atom stereocenters. The smallest absolute Gasteiger partial charge is 0.326 e. The van der Waals surface area contributed by atoms with Gasteiger partial charge in [-0.2, -0.15) is 0 Å². The molecule has 0 fully saturated rings. The van der Waals surface area contributed by atoms with Crippen LogP contribution >= 0.6 is 0 Å². The maximum Gasteiger partial charge on any atom is 0.326 e. The number of hydrogen-bond acceptors (Lipinski definition) is 2. The third-order valence-corrected chi connectivity index (χ3v) is 2.24. The zero-order valence-corrected chi connectivity index (χ0v) is 9.36. The lowest BCUT2D eigenvalue weighted by atomic mass is 10.0. The fraction of sp³-hybridized carbons (Fsp3) is 0.333. The zero-order valence-electron chi connectivity index (χ0n) is 9.36. The third-order valence-electron chi connectivity index (χ3n) is 2.24. The number of carboxylic acids is 1. The molecule has 1 amide bonds. The quantitative estimate of drug-likeness (QED) is 0.800. The Balaban J connectivity index is 2.71. The lowest BCUT2D eigenvalue weighted by Gasteiger charge is -2.13. The summed E-state index contributed by atoms with van der Waals surface area (Å²) in [5, 5.41) is 11.3. The van der Waals surface area contributed by atoms with E-state index >= 15 is 0 Å². The largest absolute Gasteiger partial charge is 0.480 e. The SMILES string of the molecule is CC(=O)N[C@@H](Cc1ccc(C)cc1)C(=O)O. The average Bonchev–Trinajstić information content (AvgIpc) is 2.19. The minimum absolute atomic E-state index is 0.301. The van der Waals surface area contributed by atoms with Gasteiger partial charge >= 0.3 is 5.97 Å². The number of aliphatic carboxylic acids is 1. The van der Waals surface area contributed by atoms with Gasteiger partial charge in [-0.05, 0) is 12.5 Å². The van der Waals surface area contributed by atoms with Crippen LogP contribution in [0.4, 0.5) is 0 Å². The topological polar surface area (TPSA) is 66.4 Å². The summed E-state index contributed by atoms with van der Waals surface area (Å²) in [5.41, 5.74) is 2.02. The van der Waals surface area contributed by atoms with Crippen molar-refractivity contribution in [1.82, 2.24) is 5.32 Å². The number of hydrogen-bond donors (Lipinski definition) is 2. The molecule has 16 heavy (non-hydrogen) atoms. The standard InChI is InChI=1S/C12H15NO3/c1-8-3-5-10(6-4-8)7-11(12(15)16)13-9(2)14/h3-6,11H,7H2,1-2H3,(H,13,14)(H,15,16)/t11-/m0/s1. The van der Waals surface area contributed by atoms with E-state index in [1.807, 2.05) is 31.2 Å². The number of carboxylic acid groups (broad SMARTS) is 1. The summed E-state index contributed by atoms with van der Waals surface area (Å²) < 4.78 is 0. The van der Waals surface area contributed by atoms with Gasteiger partial charge in [0.1, 0.15) is 6.04 Å². The van der Waals surface area contributed by atoms with Crippen molar-refractivity contribution in [2.75, 3.05) is 0 Å². The van der Waals surface area contributed by atoms with E-state index in [4.69, 9.17) is 5.11 Å². The lowest BCUT2D eigenvalue weighted by molar-refractivity contribution is -0.141. The van der Waals surface area contributed by atoms with E-state index < -0.39 is 12.0 Å². The van der Waals surface area contributed by atoms with Crippen molar-refractivity contribution in [3.63, 3.8) is 0 Å². The Labute approximate surface area is 94.3 Å². The van der Waals surface area contributed by atoms with Gasteiger partial charge in [0, 0.05) is 13.3 Å². The Morgan fingerprint density at radius 2 is 1.88 bits per heavy atom. The van der Waals surface area contributed by atoms with Gasteiger partial charge in [-0.25, -0.2) is 4.79 Å². The van der Waals surface area contributed by atoms with Gasteiger partial charge in [0.2, 0.25) is 5.91 Å². The molecule has 0 aromatic heterocycles. The number of carbonyl (C=O) groups excluding carboxylic acids is 1. The summed E-state index contributed by atoms with van der Waals surface area (Å²) in [6.45, 7) is 3.28. The number of rotatable bonds is 4. The van der Waals surface area contributed by atoms with Gasteiger partial charge in [0.05, 0.1) is 0 Å². The molecule has 0 saturated carbocycles. The number of benzene rings is 1. The first-order chi connectivity index (χ1) is 7.49. The average molecular weight is 221 g/mol. The van der Waals surface area contributed by atoms with Crippen molar-refractivity contribution >= 4 is 11.9 Å². The van der Waals surface area contributed by atoms with E-state index in [0.717, 1.165) is 11.1 Å². The third kappa shape index (κ3) is 3.73. The molecule has 2 N–H and O–H groups in total. The highest BCUT2D eigenvalue weighted by Crippen LogP contribution is 2.06. The molecule has 0 aliphatic heterocycles. The Hall–Kier alpha value is -1.84. The van der Waals surface area contributed by atoms with Gasteiger partial charge in [0.15, 0.2) is 0 Å². The molecule has 0 saturated heterocycles. The molecule has 0 radical (unpaired) electrons. The maximum absolute atomic E-state index is 10.9.